The minimum Gasteiger partial charge on any atom is -0.478 e. The third-order valence-corrected chi connectivity index (χ3v) is 3.51. The van der Waals surface area contributed by atoms with Gasteiger partial charge < -0.3 is 10.4 Å². The fourth-order valence-electron chi connectivity index (χ4n) is 2.04. The molecule has 0 atom stereocenters. The van der Waals surface area contributed by atoms with Gasteiger partial charge in [-0.3, -0.25) is 9.48 Å². The van der Waals surface area contributed by atoms with E-state index in [9.17, 15) is 9.59 Å². The van der Waals surface area contributed by atoms with Gasteiger partial charge in [0.05, 0.1) is 27.5 Å². The van der Waals surface area contributed by atoms with Gasteiger partial charge in [-0.2, -0.15) is 5.10 Å². The number of rotatable bonds is 3. The van der Waals surface area contributed by atoms with Gasteiger partial charge in [0.25, 0.3) is 5.91 Å². The standard InChI is InChI=1S/C14H14ClN3O3/c1-7-12(8(2)18(3)17-7)13(19)16-11-5-4-9(14(20)21)6-10(11)15/h4-6H,1-3H3,(H,16,19)(H,20,21). The molecule has 2 aromatic rings. The van der Waals surface area contributed by atoms with E-state index < -0.39 is 5.97 Å². The average Bonchev–Trinajstić information content (AvgIpc) is 2.65. The molecular formula is C14H14ClN3O3. The lowest BCUT2D eigenvalue weighted by Gasteiger charge is -2.08. The number of carboxylic acids is 1. The lowest BCUT2D eigenvalue weighted by molar-refractivity contribution is 0.0696. The second kappa shape index (κ2) is 5.57. The molecule has 0 aliphatic rings. The number of benzene rings is 1. The van der Waals surface area contributed by atoms with Crippen LogP contribution in [0.15, 0.2) is 18.2 Å². The summed E-state index contributed by atoms with van der Waals surface area (Å²) < 4.78 is 1.62. The van der Waals surface area contributed by atoms with Crippen LogP contribution in [0.25, 0.3) is 0 Å². The molecule has 1 aromatic carbocycles. The van der Waals surface area contributed by atoms with Crippen molar-refractivity contribution in [3.63, 3.8) is 0 Å². The Balaban J connectivity index is 2.30. The Morgan fingerprint density at radius 2 is 2.00 bits per heavy atom. The Morgan fingerprint density at radius 1 is 1.33 bits per heavy atom. The largest absolute Gasteiger partial charge is 0.478 e. The van der Waals surface area contributed by atoms with Gasteiger partial charge in [-0.1, -0.05) is 11.6 Å². The van der Waals surface area contributed by atoms with E-state index in [0.29, 0.717) is 16.9 Å². The number of nitrogens with one attached hydrogen (secondary N) is 1. The molecule has 6 nitrogen and oxygen atoms in total. The molecule has 1 heterocycles. The third kappa shape index (κ3) is 2.90. The summed E-state index contributed by atoms with van der Waals surface area (Å²) in [5.41, 5.74) is 2.26. The molecule has 0 spiro atoms. The summed E-state index contributed by atoms with van der Waals surface area (Å²) in [5.74, 6) is -1.41. The summed E-state index contributed by atoms with van der Waals surface area (Å²) in [7, 11) is 1.76. The van der Waals surface area contributed by atoms with Gasteiger partial charge in [0.15, 0.2) is 0 Å². The highest BCUT2D eigenvalue weighted by Gasteiger charge is 2.18. The number of nitrogens with zero attached hydrogens (tertiary/aromatic N) is 2. The predicted octanol–water partition coefficient (Wildman–Crippen LogP) is 2.64. The van der Waals surface area contributed by atoms with Crippen molar-refractivity contribution in [1.82, 2.24) is 9.78 Å². The normalized spacial score (nSPS) is 10.5. The molecular weight excluding hydrogens is 294 g/mol. The van der Waals surface area contributed by atoms with Crippen LogP contribution in [0.4, 0.5) is 5.69 Å². The third-order valence-electron chi connectivity index (χ3n) is 3.20. The average molecular weight is 308 g/mol. The fraction of sp³-hybridized carbons (Fsp3) is 0.214. The van der Waals surface area contributed by atoms with Gasteiger partial charge in [0.1, 0.15) is 0 Å². The molecule has 110 valence electrons. The van der Waals surface area contributed by atoms with Gasteiger partial charge in [-0.05, 0) is 32.0 Å². The monoisotopic (exact) mass is 307 g/mol. The molecule has 0 bridgehead atoms. The number of anilines is 1. The maximum absolute atomic E-state index is 12.3. The number of halogens is 1. The van der Waals surface area contributed by atoms with Gasteiger partial charge in [0, 0.05) is 12.7 Å². The van der Waals surface area contributed by atoms with Gasteiger partial charge in [-0.25, -0.2) is 4.79 Å². The summed E-state index contributed by atoms with van der Waals surface area (Å²) >= 11 is 5.99. The van der Waals surface area contributed by atoms with E-state index in [1.807, 2.05) is 0 Å². The summed E-state index contributed by atoms with van der Waals surface area (Å²) in [6.07, 6.45) is 0. The number of hydrogen-bond acceptors (Lipinski definition) is 3. The van der Waals surface area contributed by atoms with E-state index in [1.165, 1.54) is 18.2 Å². The SMILES string of the molecule is Cc1nn(C)c(C)c1C(=O)Nc1ccc(C(=O)O)cc1Cl. The molecule has 0 aliphatic carbocycles. The molecule has 0 fully saturated rings. The fourth-order valence-corrected chi connectivity index (χ4v) is 2.26. The molecule has 0 aliphatic heterocycles. The van der Waals surface area contributed by atoms with Crippen molar-refractivity contribution in [2.45, 2.75) is 13.8 Å². The molecule has 0 radical (unpaired) electrons. The molecule has 7 heteroatoms. The summed E-state index contributed by atoms with van der Waals surface area (Å²) in [6, 6.07) is 4.14. The second-order valence-electron chi connectivity index (χ2n) is 4.62. The quantitative estimate of drug-likeness (QED) is 0.913. The van der Waals surface area contributed by atoms with Crippen LogP contribution in [0.5, 0.6) is 0 Å². The Kier molecular flexibility index (Phi) is 3.99. The van der Waals surface area contributed by atoms with E-state index in [4.69, 9.17) is 16.7 Å². The highest BCUT2D eigenvalue weighted by molar-refractivity contribution is 6.34. The van der Waals surface area contributed by atoms with E-state index >= 15 is 0 Å². The smallest absolute Gasteiger partial charge is 0.335 e. The molecule has 21 heavy (non-hydrogen) atoms. The van der Waals surface area contributed by atoms with Crippen LogP contribution in [0.3, 0.4) is 0 Å². The molecule has 2 N–H and O–H groups in total. The van der Waals surface area contributed by atoms with Gasteiger partial charge in [0.2, 0.25) is 0 Å². The number of aromatic nitrogens is 2. The van der Waals surface area contributed by atoms with E-state index in [-0.39, 0.29) is 16.5 Å². The van der Waals surface area contributed by atoms with Crippen LogP contribution >= 0.6 is 11.6 Å². The lowest BCUT2D eigenvalue weighted by Crippen LogP contribution is -2.14. The first-order valence-corrected chi connectivity index (χ1v) is 6.53. The topological polar surface area (TPSA) is 84.2 Å². The Hall–Kier alpha value is -2.34. The van der Waals surface area contributed by atoms with Crippen LogP contribution in [0.2, 0.25) is 5.02 Å². The number of carbonyl (C=O) groups is 2. The molecule has 2 rings (SSSR count). The predicted molar refractivity (Wildman–Crippen MR) is 79.0 cm³/mol. The number of aromatic carboxylic acids is 1. The van der Waals surface area contributed by atoms with E-state index in [2.05, 4.69) is 10.4 Å². The number of amides is 1. The summed E-state index contributed by atoms with van der Waals surface area (Å²) in [6.45, 7) is 3.54. The van der Waals surface area contributed by atoms with Crippen molar-refractivity contribution in [3.05, 3.63) is 45.7 Å². The zero-order valence-corrected chi connectivity index (χ0v) is 12.5. The number of aryl methyl sites for hydroxylation is 2. The molecule has 0 saturated carbocycles. The minimum atomic E-state index is -1.08. The zero-order chi connectivity index (χ0) is 15.7. The highest BCUT2D eigenvalue weighted by atomic mass is 35.5. The lowest BCUT2D eigenvalue weighted by atomic mass is 10.1. The molecule has 0 saturated heterocycles. The van der Waals surface area contributed by atoms with Crippen LogP contribution in [0.1, 0.15) is 32.1 Å². The first-order valence-electron chi connectivity index (χ1n) is 6.15. The minimum absolute atomic E-state index is 0.0618. The maximum Gasteiger partial charge on any atom is 0.335 e. The Morgan fingerprint density at radius 3 is 2.48 bits per heavy atom. The van der Waals surface area contributed by atoms with Gasteiger partial charge >= 0.3 is 5.97 Å². The Labute approximate surface area is 126 Å². The van der Waals surface area contributed by atoms with Crippen molar-refractivity contribution in [3.8, 4) is 0 Å². The van der Waals surface area contributed by atoms with Crippen molar-refractivity contribution in [2.24, 2.45) is 7.05 Å². The Bertz CT molecular complexity index is 737. The highest BCUT2D eigenvalue weighted by Crippen LogP contribution is 2.24. The summed E-state index contributed by atoms with van der Waals surface area (Å²) in [5, 5.41) is 15.9. The first kappa shape index (κ1) is 15.1. The number of carboxylic acid groups (broad SMARTS) is 1. The van der Waals surface area contributed by atoms with E-state index in [1.54, 1.807) is 25.6 Å². The first-order chi connectivity index (χ1) is 9.81. The second-order valence-corrected chi connectivity index (χ2v) is 5.03. The molecule has 1 aromatic heterocycles. The van der Waals surface area contributed by atoms with Crippen molar-refractivity contribution in [1.29, 1.82) is 0 Å². The molecule has 0 unspecified atom stereocenters. The van der Waals surface area contributed by atoms with Crippen LogP contribution < -0.4 is 5.32 Å². The number of carbonyl (C=O) groups excluding carboxylic acids is 1. The van der Waals surface area contributed by atoms with Gasteiger partial charge in [-0.15, -0.1) is 0 Å². The van der Waals surface area contributed by atoms with Crippen LogP contribution in [-0.4, -0.2) is 26.8 Å². The van der Waals surface area contributed by atoms with E-state index in [0.717, 1.165) is 5.69 Å². The van der Waals surface area contributed by atoms with Crippen molar-refractivity contribution < 1.29 is 14.7 Å². The van der Waals surface area contributed by atoms with Crippen molar-refractivity contribution >= 4 is 29.2 Å². The van der Waals surface area contributed by atoms with Crippen LogP contribution in [0, 0.1) is 13.8 Å². The maximum atomic E-state index is 12.3. The number of hydrogen-bond donors (Lipinski definition) is 2. The summed E-state index contributed by atoms with van der Waals surface area (Å²) in [4.78, 5) is 23.1. The zero-order valence-electron chi connectivity index (χ0n) is 11.8. The molecule has 1 amide bonds. The van der Waals surface area contributed by atoms with Crippen LogP contribution in [-0.2, 0) is 7.05 Å². The van der Waals surface area contributed by atoms with Crippen molar-refractivity contribution in [2.75, 3.05) is 5.32 Å².